The van der Waals surface area contributed by atoms with Gasteiger partial charge in [-0.1, -0.05) is 18.2 Å². The molecule has 4 rings (SSSR count). The number of nitro groups is 1. The van der Waals surface area contributed by atoms with Crippen LogP contribution in [0.4, 0.5) is 20.9 Å². The third-order valence-corrected chi connectivity index (χ3v) is 5.56. The zero-order valence-corrected chi connectivity index (χ0v) is 18.2. The van der Waals surface area contributed by atoms with Crippen LogP contribution in [0.1, 0.15) is 29.0 Å². The maximum atomic E-state index is 13.4. The van der Waals surface area contributed by atoms with Gasteiger partial charge in [-0.2, -0.15) is 0 Å². The van der Waals surface area contributed by atoms with E-state index in [1.165, 1.54) is 41.7 Å². The van der Waals surface area contributed by atoms with E-state index in [-0.39, 0.29) is 28.8 Å². The zero-order chi connectivity index (χ0) is 23.4. The number of thiazole rings is 1. The van der Waals surface area contributed by atoms with Gasteiger partial charge in [-0.25, -0.2) is 9.37 Å². The van der Waals surface area contributed by atoms with E-state index in [9.17, 15) is 19.3 Å². The molecule has 0 fully saturated rings. The van der Waals surface area contributed by atoms with E-state index in [1.807, 2.05) is 19.1 Å². The molecule has 0 bridgehead atoms. The summed E-state index contributed by atoms with van der Waals surface area (Å²) in [5, 5.41) is 19.3. The van der Waals surface area contributed by atoms with Crippen molar-refractivity contribution >= 4 is 33.8 Å². The molecule has 1 unspecified atom stereocenters. The highest BCUT2D eigenvalue weighted by Crippen LogP contribution is 2.30. The van der Waals surface area contributed by atoms with Crippen molar-refractivity contribution in [3.8, 4) is 11.3 Å². The lowest BCUT2D eigenvalue weighted by molar-refractivity contribution is -0.384. The summed E-state index contributed by atoms with van der Waals surface area (Å²) in [5.74, 6) is -0.924. The highest BCUT2D eigenvalue weighted by atomic mass is 32.1. The van der Waals surface area contributed by atoms with Gasteiger partial charge in [-0.15, -0.1) is 11.3 Å². The Bertz CT molecular complexity index is 1310. The average molecular weight is 463 g/mol. The van der Waals surface area contributed by atoms with Gasteiger partial charge in [0.05, 0.1) is 22.4 Å². The van der Waals surface area contributed by atoms with Crippen molar-refractivity contribution in [2.75, 3.05) is 10.6 Å². The fourth-order valence-electron chi connectivity index (χ4n) is 3.17. The van der Waals surface area contributed by atoms with Gasteiger partial charge in [0.25, 0.3) is 11.6 Å². The van der Waals surface area contributed by atoms with Crippen LogP contribution in [-0.4, -0.2) is 20.8 Å². The Hall–Kier alpha value is -4.18. The van der Waals surface area contributed by atoms with Crippen LogP contribution in [-0.2, 0) is 0 Å². The SMILES string of the molecule is CC(Nc1ccc(C(=O)Nc2nc(-c3cccc(F)c3)cs2)cc1[N+](=O)[O-])c1ccccn1. The first-order valence-corrected chi connectivity index (χ1v) is 10.8. The standard InChI is InChI=1S/C23H18FN5O3S/c1-14(18-7-2-3-10-25-18)26-19-9-8-16(12-21(19)29(31)32)22(30)28-23-27-20(13-33-23)15-5-4-6-17(24)11-15/h2-14,26H,1H3,(H,27,28,30). The van der Waals surface area contributed by atoms with E-state index >= 15 is 0 Å². The zero-order valence-electron chi connectivity index (χ0n) is 17.4. The molecule has 2 N–H and O–H groups in total. The maximum absolute atomic E-state index is 13.4. The summed E-state index contributed by atoms with van der Waals surface area (Å²) in [4.78, 5) is 32.3. The number of amides is 1. The number of anilines is 2. The molecule has 1 atom stereocenters. The van der Waals surface area contributed by atoms with Gasteiger partial charge in [0.1, 0.15) is 11.5 Å². The Morgan fingerprint density at radius 1 is 1.15 bits per heavy atom. The number of pyridine rings is 1. The minimum Gasteiger partial charge on any atom is -0.371 e. The molecule has 0 aliphatic carbocycles. The Morgan fingerprint density at radius 3 is 2.73 bits per heavy atom. The Kier molecular flexibility index (Phi) is 6.36. The van der Waals surface area contributed by atoms with Crippen LogP contribution < -0.4 is 10.6 Å². The van der Waals surface area contributed by atoms with Crippen molar-refractivity contribution in [2.24, 2.45) is 0 Å². The van der Waals surface area contributed by atoms with Crippen LogP contribution >= 0.6 is 11.3 Å². The summed E-state index contributed by atoms with van der Waals surface area (Å²) in [5.41, 5.74) is 1.98. The molecule has 10 heteroatoms. The van der Waals surface area contributed by atoms with E-state index in [0.29, 0.717) is 16.4 Å². The van der Waals surface area contributed by atoms with Gasteiger partial charge in [-0.3, -0.25) is 25.2 Å². The summed E-state index contributed by atoms with van der Waals surface area (Å²) in [7, 11) is 0. The van der Waals surface area contributed by atoms with Crippen molar-refractivity contribution in [2.45, 2.75) is 13.0 Å². The number of carbonyl (C=O) groups excluding carboxylic acids is 1. The third kappa shape index (κ3) is 5.18. The molecule has 33 heavy (non-hydrogen) atoms. The Balaban J connectivity index is 1.51. The third-order valence-electron chi connectivity index (χ3n) is 4.81. The van der Waals surface area contributed by atoms with Crippen molar-refractivity contribution in [3.05, 3.63) is 99.4 Å². The number of benzene rings is 2. The molecular weight excluding hydrogens is 445 g/mol. The first kappa shape index (κ1) is 22.0. The molecule has 0 aliphatic rings. The van der Waals surface area contributed by atoms with Crippen molar-refractivity contribution in [3.63, 3.8) is 0 Å². The smallest absolute Gasteiger partial charge is 0.293 e. The Morgan fingerprint density at radius 2 is 2.00 bits per heavy atom. The van der Waals surface area contributed by atoms with Crippen molar-refractivity contribution < 1.29 is 14.1 Å². The number of rotatable bonds is 7. The normalized spacial score (nSPS) is 11.6. The van der Waals surface area contributed by atoms with Crippen molar-refractivity contribution in [1.82, 2.24) is 9.97 Å². The molecule has 0 spiro atoms. The maximum Gasteiger partial charge on any atom is 0.293 e. The molecule has 0 aliphatic heterocycles. The number of nitrogens with zero attached hydrogens (tertiary/aromatic N) is 3. The molecule has 0 saturated heterocycles. The van der Waals surface area contributed by atoms with E-state index in [1.54, 1.807) is 29.8 Å². The van der Waals surface area contributed by atoms with Crippen LogP contribution in [0.3, 0.4) is 0 Å². The lowest BCUT2D eigenvalue weighted by Crippen LogP contribution is -2.13. The highest BCUT2D eigenvalue weighted by Gasteiger charge is 2.20. The number of hydrogen-bond donors (Lipinski definition) is 2. The van der Waals surface area contributed by atoms with Crippen molar-refractivity contribution in [1.29, 1.82) is 0 Å². The Labute approximate surface area is 192 Å². The van der Waals surface area contributed by atoms with Crippen LogP contribution in [0.15, 0.2) is 72.2 Å². The minimum atomic E-state index is -0.546. The van der Waals surface area contributed by atoms with Gasteiger partial charge >= 0.3 is 0 Å². The molecule has 0 saturated carbocycles. The largest absolute Gasteiger partial charge is 0.371 e. The summed E-state index contributed by atoms with van der Waals surface area (Å²) in [6.45, 7) is 1.84. The van der Waals surface area contributed by atoms with E-state index in [4.69, 9.17) is 0 Å². The highest BCUT2D eigenvalue weighted by molar-refractivity contribution is 7.14. The van der Waals surface area contributed by atoms with Gasteiger partial charge in [0, 0.05) is 28.8 Å². The lowest BCUT2D eigenvalue weighted by Gasteiger charge is -2.15. The molecule has 8 nitrogen and oxygen atoms in total. The summed E-state index contributed by atoms with van der Waals surface area (Å²) < 4.78 is 13.4. The monoisotopic (exact) mass is 463 g/mol. The summed E-state index contributed by atoms with van der Waals surface area (Å²) in [6, 6.07) is 15.3. The second-order valence-electron chi connectivity index (χ2n) is 7.11. The molecule has 2 heterocycles. The van der Waals surface area contributed by atoms with E-state index in [2.05, 4.69) is 20.6 Å². The number of nitrogens with one attached hydrogen (secondary N) is 2. The average Bonchev–Trinajstić information content (AvgIpc) is 3.28. The van der Waals surface area contributed by atoms with Crippen LogP contribution in [0.5, 0.6) is 0 Å². The van der Waals surface area contributed by atoms with Crippen LogP contribution in [0.25, 0.3) is 11.3 Å². The molecule has 4 aromatic rings. The fourth-order valence-corrected chi connectivity index (χ4v) is 3.88. The topological polar surface area (TPSA) is 110 Å². The van der Waals surface area contributed by atoms with Crippen LogP contribution in [0.2, 0.25) is 0 Å². The first-order valence-electron chi connectivity index (χ1n) is 9.89. The molecule has 166 valence electrons. The number of aromatic nitrogens is 2. The second-order valence-corrected chi connectivity index (χ2v) is 7.97. The van der Waals surface area contributed by atoms with E-state index in [0.717, 1.165) is 5.69 Å². The van der Waals surface area contributed by atoms with Gasteiger partial charge in [-0.05, 0) is 43.3 Å². The summed E-state index contributed by atoms with van der Waals surface area (Å²) >= 11 is 1.17. The second kappa shape index (κ2) is 9.53. The first-order chi connectivity index (χ1) is 15.9. The molecular formula is C23H18FN5O3S. The number of halogens is 1. The molecule has 2 aromatic carbocycles. The fraction of sp³-hybridized carbons (Fsp3) is 0.0870. The predicted molar refractivity (Wildman–Crippen MR) is 125 cm³/mol. The number of carbonyl (C=O) groups is 1. The van der Waals surface area contributed by atoms with E-state index < -0.39 is 10.8 Å². The van der Waals surface area contributed by atoms with Gasteiger partial charge in [0.15, 0.2) is 5.13 Å². The van der Waals surface area contributed by atoms with Crippen LogP contribution in [0, 0.1) is 15.9 Å². The number of hydrogen-bond acceptors (Lipinski definition) is 7. The summed E-state index contributed by atoms with van der Waals surface area (Å²) in [6.07, 6.45) is 1.65. The predicted octanol–water partition coefficient (Wildman–Crippen LogP) is 5.68. The molecule has 0 radical (unpaired) electrons. The minimum absolute atomic E-state index is 0.111. The van der Waals surface area contributed by atoms with Gasteiger partial charge in [0.2, 0.25) is 0 Å². The van der Waals surface area contributed by atoms with Gasteiger partial charge < -0.3 is 5.32 Å². The molecule has 1 amide bonds. The lowest BCUT2D eigenvalue weighted by atomic mass is 10.1. The molecule has 2 aromatic heterocycles. The number of nitro benzene ring substituents is 1. The quantitative estimate of drug-likeness (QED) is 0.270.